The first-order valence-corrected chi connectivity index (χ1v) is 5.93. The quantitative estimate of drug-likeness (QED) is 0.589. The molecule has 1 N–H and O–H groups in total. The van der Waals surface area contributed by atoms with Gasteiger partial charge in [-0.25, -0.2) is 4.79 Å². The third kappa shape index (κ3) is 3.97. The molecule has 1 aliphatic rings. The zero-order valence-electron chi connectivity index (χ0n) is 10.8. The van der Waals surface area contributed by atoms with E-state index in [4.69, 9.17) is 0 Å². The van der Waals surface area contributed by atoms with Gasteiger partial charge in [-0.3, -0.25) is 0 Å². The predicted octanol–water partition coefficient (Wildman–Crippen LogP) is 2.27. The number of nitrogens with one attached hydrogen (secondary N) is 1. The molecule has 0 saturated heterocycles. The van der Waals surface area contributed by atoms with Gasteiger partial charge in [-0.1, -0.05) is 19.9 Å². The van der Waals surface area contributed by atoms with Crippen LogP contribution in [0, 0.1) is 5.41 Å². The van der Waals surface area contributed by atoms with E-state index in [1.807, 2.05) is 6.08 Å². The smallest absolute Gasteiger partial charge is 0.333 e. The second kappa shape index (κ2) is 5.48. The lowest BCUT2D eigenvalue weighted by molar-refractivity contribution is -0.136. The Balaban J connectivity index is 2.29. The zero-order valence-corrected chi connectivity index (χ0v) is 10.8. The fraction of sp³-hybridized carbons (Fsp3) is 0.769. The topological polar surface area (TPSA) is 38.3 Å². The summed E-state index contributed by atoms with van der Waals surface area (Å²) < 4.78 is 4.63. The summed E-state index contributed by atoms with van der Waals surface area (Å²) in [7, 11) is 1.41. The Morgan fingerprint density at radius 2 is 2.25 bits per heavy atom. The molecule has 0 aromatic heterocycles. The Kier molecular flexibility index (Phi) is 4.54. The summed E-state index contributed by atoms with van der Waals surface area (Å²) in [5.41, 5.74) is 1.14. The fourth-order valence-corrected chi connectivity index (χ4v) is 2.23. The van der Waals surface area contributed by atoms with E-state index in [0.717, 1.165) is 6.54 Å². The van der Waals surface area contributed by atoms with E-state index in [0.29, 0.717) is 17.0 Å². The summed E-state index contributed by atoms with van der Waals surface area (Å²) >= 11 is 0. The van der Waals surface area contributed by atoms with Crippen LogP contribution in [0.15, 0.2) is 11.6 Å². The summed E-state index contributed by atoms with van der Waals surface area (Å²) in [5, 5.41) is 3.46. The van der Waals surface area contributed by atoms with Crippen molar-refractivity contribution in [3.63, 3.8) is 0 Å². The monoisotopic (exact) mass is 225 g/mol. The maximum atomic E-state index is 11.1. The summed E-state index contributed by atoms with van der Waals surface area (Å²) in [6.07, 6.45) is 5.64. The number of ether oxygens (including phenoxy) is 1. The molecule has 1 aliphatic carbocycles. The third-order valence-electron chi connectivity index (χ3n) is 3.29. The van der Waals surface area contributed by atoms with Crippen molar-refractivity contribution in [1.82, 2.24) is 5.32 Å². The summed E-state index contributed by atoms with van der Waals surface area (Å²) in [5.74, 6) is -0.242. The molecule has 0 aliphatic heterocycles. The van der Waals surface area contributed by atoms with E-state index in [1.54, 1.807) is 6.92 Å². The fourth-order valence-electron chi connectivity index (χ4n) is 2.23. The van der Waals surface area contributed by atoms with Crippen LogP contribution in [0.1, 0.15) is 40.0 Å². The second-order valence-corrected chi connectivity index (χ2v) is 5.39. The van der Waals surface area contributed by atoms with Crippen molar-refractivity contribution in [2.75, 3.05) is 13.7 Å². The average Bonchev–Trinajstić information content (AvgIpc) is 2.57. The van der Waals surface area contributed by atoms with Crippen molar-refractivity contribution in [2.24, 2.45) is 5.41 Å². The Labute approximate surface area is 98.2 Å². The van der Waals surface area contributed by atoms with E-state index in [2.05, 4.69) is 23.9 Å². The number of hydrogen-bond acceptors (Lipinski definition) is 3. The molecule has 16 heavy (non-hydrogen) atoms. The largest absolute Gasteiger partial charge is 0.466 e. The molecule has 0 radical (unpaired) electrons. The van der Waals surface area contributed by atoms with Crippen molar-refractivity contribution in [3.05, 3.63) is 11.6 Å². The Bertz CT molecular complexity index is 282. The molecule has 0 spiro atoms. The van der Waals surface area contributed by atoms with Crippen LogP contribution in [0.3, 0.4) is 0 Å². The predicted molar refractivity (Wildman–Crippen MR) is 65.2 cm³/mol. The van der Waals surface area contributed by atoms with Gasteiger partial charge in [0.05, 0.1) is 7.11 Å². The van der Waals surface area contributed by atoms with Crippen molar-refractivity contribution in [1.29, 1.82) is 0 Å². The first-order valence-electron chi connectivity index (χ1n) is 5.93. The maximum absolute atomic E-state index is 11.1. The lowest BCUT2D eigenvalue weighted by atomic mass is 9.92. The van der Waals surface area contributed by atoms with E-state index in [9.17, 15) is 4.79 Å². The van der Waals surface area contributed by atoms with Gasteiger partial charge >= 0.3 is 5.97 Å². The molecule has 3 nitrogen and oxygen atoms in total. The summed E-state index contributed by atoms with van der Waals surface area (Å²) in [4.78, 5) is 11.1. The third-order valence-corrected chi connectivity index (χ3v) is 3.29. The number of hydrogen-bond donors (Lipinski definition) is 1. The zero-order chi connectivity index (χ0) is 12.2. The molecular weight excluding hydrogens is 202 g/mol. The number of methoxy groups -OCH3 is 1. The van der Waals surface area contributed by atoms with Gasteiger partial charge in [0.2, 0.25) is 0 Å². The van der Waals surface area contributed by atoms with Crippen molar-refractivity contribution < 1.29 is 9.53 Å². The van der Waals surface area contributed by atoms with Crippen molar-refractivity contribution in [3.8, 4) is 0 Å². The standard InChI is InChI=1S/C13H23NO2/c1-10(12(15)16-4)6-8-14-11-5-7-13(2,3)9-11/h6,11,14H,5,7-9H2,1-4H3. The Morgan fingerprint density at radius 3 is 2.75 bits per heavy atom. The average molecular weight is 225 g/mol. The van der Waals surface area contributed by atoms with Crippen LogP contribution in [0.2, 0.25) is 0 Å². The first-order chi connectivity index (χ1) is 7.44. The van der Waals surface area contributed by atoms with Gasteiger partial charge in [0.15, 0.2) is 0 Å². The number of rotatable bonds is 4. The molecule has 1 saturated carbocycles. The van der Waals surface area contributed by atoms with Gasteiger partial charge in [0, 0.05) is 18.2 Å². The molecule has 0 amide bonds. The lowest BCUT2D eigenvalue weighted by Gasteiger charge is -2.17. The minimum atomic E-state index is -0.242. The maximum Gasteiger partial charge on any atom is 0.333 e. The van der Waals surface area contributed by atoms with E-state index in [-0.39, 0.29) is 5.97 Å². The van der Waals surface area contributed by atoms with Crippen LogP contribution in [0.4, 0.5) is 0 Å². The van der Waals surface area contributed by atoms with Crippen LogP contribution >= 0.6 is 0 Å². The van der Waals surface area contributed by atoms with Crippen molar-refractivity contribution in [2.45, 2.75) is 46.1 Å². The molecule has 1 rings (SSSR count). The molecule has 1 unspecified atom stereocenters. The number of carbonyl (C=O) groups is 1. The molecule has 0 heterocycles. The Morgan fingerprint density at radius 1 is 1.56 bits per heavy atom. The van der Waals surface area contributed by atoms with Gasteiger partial charge in [-0.15, -0.1) is 0 Å². The van der Waals surface area contributed by atoms with Crippen LogP contribution in [-0.4, -0.2) is 25.7 Å². The highest BCUT2D eigenvalue weighted by Crippen LogP contribution is 2.36. The second-order valence-electron chi connectivity index (χ2n) is 5.39. The van der Waals surface area contributed by atoms with Gasteiger partial charge in [0.25, 0.3) is 0 Å². The van der Waals surface area contributed by atoms with Crippen LogP contribution in [-0.2, 0) is 9.53 Å². The molecule has 92 valence electrons. The highest BCUT2D eigenvalue weighted by molar-refractivity contribution is 5.87. The highest BCUT2D eigenvalue weighted by Gasteiger charge is 2.30. The molecule has 1 atom stereocenters. The van der Waals surface area contributed by atoms with Gasteiger partial charge in [-0.2, -0.15) is 0 Å². The summed E-state index contributed by atoms with van der Waals surface area (Å²) in [6.45, 7) is 7.15. The minimum absolute atomic E-state index is 0.242. The normalized spacial score (nSPS) is 24.5. The first kappa shape index (κ1) is 13.2. The van der Waals surface area contributed by atoms with Crippen LogP contribution in [0.25, 0.3) is 0 Å². The summed E-state index contributed by atoms with van der Waals surface area (Å²) in [6, 6.07) is 0.594. The molecular formula is C13H23NO2. The van der Waals surface area contributed by atoms with Crippen LogP contribution < -0.4 is 5.32 Å². The van der Waals surface area contributed by atoms with Gasteiger partial charge in [-0.05, 0) is 31.6 Å². The van der Waals surface area contributed by atoms with Gasteiger partial charge < -0.3 is 10.1 Å². The molecule has 0 bridgehead atoms. The molecule has 0 aromatic carbocycles. The SMILES string of the molecule is COC(=O)C(C)=CCNC1CCC(C)(C)C1. The Hall–Kier alpha value is -0.830. The van der Waals surface area contributed by atoms with Crippen molar-refractivity contribution >= 4 is 5.97 Å². The molecule has 3 heteroatoms. The minimum Gasteiger partial charge on any atom is -0.466 e. The van der Waals surface area contributed by atoms with E-state index >= 15 is 0 Å². The molecule has 0 aromatic rings. The lowest BCUT2D eigenvalue weighted by Crippen LogP contribution is -2.27. The van der Waals surface area contributed by atoms with Gasteiger partial charge in [0.1, 0.15) is 0 Å². The number of carbonyl (C=O) groups excluding carboxylic acids is 1. The highest BCUT2D eigenvalue weighted by atomic mass is 16.5. The van der Waals surface area contributed by atoms with E-state index in [1.165, 1.54) is 26.4 Å². The van der Waals surface area contributed by atoms with E-state index < -0.39 is 0 Å². The molecule has 1 fully saturated rings. The number of esters is 1. The van der Waals surface area contributed by atoms with Crippen LogP contribution in [0.5, 0.6) is 0 Å².